The molecule has 1 N–H and O–H groups in total. The zero-order valence-electron chi connectivity index (χ0n) is 16.2. The van der Waals surface area contributed by atoms with Gasteiger partial charge in [-0.3, -0.25) is 9.10 Å². The topological polar surface area (TPSA) is 66.5 Å². The SMILES string of the molecule is O=C(CN1c2ccc(F)cc2-c2ccccc2S1(=O)=O)NCCSc1ccc(Cl)cc1. The van der Waals surface area contributed by atoms with Crippen LogP contribution in [0.15, 0.2) is 76.5 Å². The van der Waals surface area contributed by atoms with Crippen molar-refractivity contribution in [2.75, 3.05) is 23.1 Å². The molecule has 0 fully saturated rings. The lowest BCUT2D eigenvalue weighted by molar-refractivity contribution is -0.119. The van der Waals surface area contributed by atoms with Crippen LogP contribution in [0.3, 0.4) is 0 Å². The van der Waals surface area contributed by atoms with E-state index in [0.717, 1.165) is 9.20 Å². The molecule has 0 aliphatic carbocycles. The van der Waals surface area contributed by atoms with Gasteiger partial charge < -0.3 is 5.32 Å². The number of carbonyl (C=O) groups excluding carboxylic acids is 1. The van der Waals surface area contributed by atoms with Crippen molar-refractivity contribution >= 4 is 45.0 Å². The second-order valence-electron chi connectivity index (χ2n) is 6.82. The largest absolute Gasteiger partial charge is 0.354 e. The van der Waals surface area contributed by atoms with Gasteiger partial charge in [-0.2, -0.15) is 0 Å². The van der Waals surface area contributed by atoms with E-state index in [9.17, 15) is 17.6 Å². The number of fused-ring (bicyclic) bond motifs is 3. The van der Waals surface area contributed by atoms with Gasteiger partial charge in [-0.05, 0) is 48.5 Å². The Kier molecular flexibility index (Phi) is 6.22. The molecule has 0 atom stereocenters. The molecule has 4 rings (SSSR count). The summed E-state index contributed by atoms with van der Waals surface area (Å²) < 4.78 is 41.2. The standard InChI is InChI=1S/C22H18ClFN2O3S2/c23-15-5-8-17(9-6-15)30-12-11-25-22(27)14-26-20-10-7-16(24)13-19(20)18-3-1-2-4-21(18)31(26,28)29/h1-10,13H,11-12,14H2,(H,25,27). The van der Waals surface area contributed by atoms with E-state index in [-0.39, 0.29) is 17.1 Å². The predicted octanol–water partition coefficient (Wildman–Crippen LogP) is 4.56. The lowest BCUT2D eigenvalue weighted by Gasteiger charge is -2.31. The maximum Gasteiger partial charge on any atom is 0.265 e. The zero-order chi connectivity index (χ0) is 22.0. The normalized spacial score (nSPS) is 13.9. The van der Waals surface area contributed by atoms with Crippen LogP contribution in [0.25, 0.3) is 11.1 Å². The van der Waals surface area contributed by atoms with Crippen LogP contribution >= 0.6 is 23.4 Å². The van der Waals surface area contributed by atoms with Crippen LogP contribution < -0.4 is 9.62 Å². The molecule has 0 bridgehead atoms. The highest BCUT2D eigenvalue weighted by atomic mass is 35.5. The van der Waals surface area contributed by atoms with Crippen LogP contribution in [0, 0.1) is 5.82 Å². The van der Waals surface area contributed by atoms with Crippen molar-refractivity contribution in [2.24, 2.45) is 0 Å². The van der Waals surface area contributed by atoms with Gasteiger partial charge in [0.2, 0.25) is 5.91 Å². The van der Waals surface area contributed by atoms with Crippen molar-refractivity contribution in [3.8, 4) is 11.1 Å². The van der Waals surface area contributed by atoms with Crippen LogP contribution in [-0.2, 0) is 14.8 Å². The maximum atomic E-state index is 13.9. The summed E-state index contributed by atoms with van der Waals surface area (Å²) in [5.74, 6) is -0.295. The smallest absolute Gasteiger partial charge is 0.265 e. The second kappa shape index (κ2) is 8.90. The number of halogens is 2. The number of nitrogens with one attached hydrogen (secondary N) is 1. The molecule has 3 aromatic rings. The summed E-state index contributed by atoms with van der Waals surface area (Å²) in [6, 6.07) is 17.6. The van der Waals surface area contributed by atoms with Crippen LogP contribution in [0.2, 0.25) is 5.02 Å². The highest BCUT2D eigenvalue weighted by Gasteiger charge is 2.35. The van der Waals surface area contributed by atoms with Crippen LogP contribution in [0.5, 0.6) is 0 Å². The number of rotatable bonds is 6. The molecule has 0 spiro atoms. The number of sulfonamides is 1. The number of amides is 1. The van der Waals surface area contributed by atoms with Gasteiger partial charge in [0, 0.05) is 33.3 Å². The molecule has 0 saturated heterocycles. The number of hydrogen-bond donors (Lipinski definition) is 1. The van der Waals surface area contributed by atoms with Gasteiger partial charge in [0.1, 0.15) is 12.4 Å². The quantitative estimate of drug-likeness (QED) is 0.418. The number of nitrogens with zero attached hydrogens (tertiary/aromatic N) is 1. The molecule has 0 unspecified atom stereocenters. The van der Waals surface area contributed by atoms with Crippen molar-refractivity contribution in [1.82, 2.24) is 5.32 Å². The first-order chi connectivity index (χ1) is 14.9. The number of carbonyl (C=O) groups is 1. The molecule has 0 aromatic heterocycles. The van der Waals surface area contributed by atoms with Gasteiger partial charge in [0.25, 0.3) is 10.0 Å². The first-order valence-corrected chi connectivity index (χ1v) is 12.2. The molecule has 9 heteroatoms. The third-order valence-electron chi connectivity index (χ3n) is 4.77. The fourth-order valence-electron chi connectivity index (χ4n) is 3.35. The Morgan fingerprint density at radius 3 is 2.55 bits per heavy atom. The molecule has 1 amide bonds. The minimum atomic E-state index is -3.95. The van der Waals surface area contributed by atoms with E-state index >= 15 is 0 Å². The van der Waals surface area contributed by atoms with E-state index in [0.29, 0.717) is 28.4 Å². The Hall–Kier alpha value is -2.55. The van der Waals surface area contributed by atoms with E-state index in [1.807, 2.05) is 12.1 Å². The first-order valence-electron chi connectivity index (χ1n) is 9.43. The molecule has 5 nitrogen and oxygen atoms in total. The van der Waals surface area contributed by atoms with Crippen molar-refractivity contribution in [1.29, 1.82) is 0 Å². The first kappa shape index (κ1) is 21.7. The molecular formula is C22H18ClFN2O3S2. The number of benzene rings is 3. The average molecular weight is 477 g/mol. The molecule has 0 radical (unpaired) electrons. The summed E-state index contributed by atoms with van der Waals surface area (Å²) in [4.78, 5) is 13.6. The van der Waals surface area contributed by atoms with Crippen LogP contribution in [0.1, 0.15) is 0 Å². The molecule has 0 saturated carbocycles. The van der Waals surface area contributed by atoms with Gasteiger partial charge in [-0.1, -0.05) is 29.8 Å². The summed E-state index contributed by atoms with van der Waals surface area (Å²) in [7, 11) is -3.95. The Bertz CT molecular complexity index is 1230. The fourth-order valence-corrected chi connectivity index (χ4v) is 5.89. The number of hydrogen-bond acceptors (Lipinski definition) is 4. The van der Waals surface area contributed by atoms with E-state index in [4.69, 9.17) is 11.6 Å². The molecule has 1 heterocycles. The minimum Gasteiger partial charge on any atom is -0.354 e. The van der Waals surface area contributed by atoms with Crippen molar-refractivity contribution in [2.45, 2.75) is 9.79 Å². The highest BCUT2D eigenvalue weighted by molar-refractivity contribution is 7.99. The third kappa shape index (κ3) is 4.56. The number of thioether (sulfide) groups is 1. The molecule has 3 aromatic carbocycles. The van der Waals surface area contributed by atoms with Gasteiger partial charge in [-0.15, -0.1) is 11.8 Å². The van der Waals surface area contributed by atoms with E-state index in [1.165, 1.54) is 24.3 Å². The van der Waals surface area contributed by atoms with Crippen LogP contribution in [-0.4, -0.2) is 33.2 Å². The average Bonchev–Trinajstić information content (AvgIpc) is 2.76. The zero-order valence-corrected chi connectivity index (χ0v) is 18.6. The van der Waals surface area contributed by atoms with Crippen molar-refractivity contribution < 1.29 is 17.6 Å². The van der Waals surface area contributed by atoms with Crippen LogP contribution in [0.4, 0.5) is 10.1 Å². The lowest BCUT2D eigenvalue weighted by atomic mass is 10.0. The Morgan fingerprint density at radius 2 is 1.77 bits per heavy atom. The highest BCUT2D eigenvalue weighted by Crippen LogP contribution is 2.42. The summed E-state index contributed by atoms with van der Waals surface area (Å²) >= 11 is 7.42. The molecule has 1 aliphatic heterocycles. The van der Waals surface area contributed by atoms with E-state index in [2.05, 4.69) is 5.32 Å². The predicted molar refractivity (Wildman–Crippen MR) is 122 cm³/mol. The minimum absolute atomic E-state index is 0.0548. The third-order valence-corrected chi connectivity index (χ3v) is 7.85. The Labute approximate surface area is 189 Å². The van der Waals surface area contributed by atoms with E-state index in [1.54, 1.807) is 42.1 Å². The van der Waals surface area contributed by atoms with Crippen molar-refractivity contribution in [3.05, 3.63) is 77.6 Å². The summed E-state index contributed by atoms with van der Waals surface area (Å²) in [5, 5.41) is 3.40. The number of anilines is 1. The summed E-state index contributed by atoms with van der Waals surface area (Å²) in [6.45, 7) is -0.0201. The van der Waals surface area contributed by atoms with Gasteiger partial charge >= 0.3 is 0 Å². The lowest BCUT2D eigenvalue weighted by Crippen LogP contribution is -2.43. The van der Waals surface area contributed by atoms with Crippen molar-refractivity contribution in [3.63, 3.8) is 0 Å². The molecule has 31 heavy (non-hydrogen) atoms. The molecule has 160 valence electrons. The molecular weight excluding hydrogens is 459 g/mol. The monoisotopic (exact) mass is 476 g/mol. The molecule has 1 aliphatic rings. The summed E-state index contributed by atoms with van der Waals surface area (Å²) in [6.07, 6.45) is 0. The fraction of sp³-hybridized carbons (Fsp3) is 0.136. The summed E-state index contributed by atoms with van der Waals surface area (Å²) in [5.41, 5.74) is 1.15. The maximum absolute atomic E-state index is 13.9. The van der Waals surface area contributed by atoms with Gasteiger partial charge in [-0.25, -0.2) is 12.8 Å². The van der Waals surface area contributed by atoms with Gasteiger partial charge in [0.15, 0.2) is 0 Å². The Balaban J connectivity index is 1.47. The second-order valence-corrected chi connectivity index (χ2v) is 10.3. The van der Waals surface area contributed by atoms with E-state index < -0.39 is 21.7 Å². The van der Waals surface area contributed by atoms with Gasteiger partial charge in [0.05, 0.1) is 10.6 Å². The Morgan fingerprint density at radius 1 is 1.03 bits per heavy atom.